The summed E-state index contributed by atoms with van der Waals surface area (Å²) in [5.41, 5.74) is 2.09. The Hall–Kier alpha value is -1.29. The fourth-order valence-electron chi connectivity index (χ4n) is 3.35. The summed E-state index contributed by atoms with van der Waals surface area (Å²) in [4.78, 5) is 12.2. The summed E-state index contributed by atoms with van der Waals surface area (Å²) >= 11 is 0. The summed E-state index contributed by atoms with van der Waals surface area (Å²) in [7, 11) is 1.43. The summed E-state index contributed by atoms with van der Waals surface area (Å²) in [5.74, 6) is 0.189. The van der Waals surface area contributed by atoms with Gasteiger partial charge in [0.2, 0.25) is 0 Å². The molecule has 0 radical (unpaired) electrons. The first-order valence-corrected chi connectivity index (χ1v) is 7.70. The molecule has 0 amide bonds. The van der Waals surface area contributed by atoms with Gasteiger partial charge in [-0.05, 0) is 36.7 Å². The molecule has 2 rings (SSSR count). The Morgan fingerprint density at radius 2 is 2.19 bits per heavy atom. The molecule has 0 saturated heterocycles. The van der Waals surface area contributed by atoms with Gasteiger partial charge in [0.05, 0.1) is 13.2 Å². The maximum Gasteiger partial charge on any atom is 0.328 e. The first kappa shape index (κ1) is 16.1. The van der Waals surface area contributed by atoms with Crippen molar-refractivity contribution in [2.45, 2.75) is 59.1 Å². The Bertz CT molecular complexity index is 516. The standard InChI is InChI=1S/C17H27NO3/c1-11(2)8-13(16(20)21-5)18-7-6-12-14(18)9-17(3,4)10-15(12)19/h6-7,11,13,15,19H,8-10H2,1-5H3. The van der Waals surface area contributed by atoms with Crippen molar-refractivity contribution in [3.05, 3.63) is 23.5 Å². The zero-order valence-corrected chi connectivity index (χ0v) is 13.7. The average molecular weight is 293 g/mol. The smallest absolute Gasteiger partial charge is 0.328 e. The van der Waals surface area contributed by atoms with Gasteiger partial charge in [0.15, 0.2) is 0 Å². The fourth-order valence-corrected chi connectivity index (χ4v) is 3.35. The van der Waals surface area contributed by atoms with Crippen LogP contribution in [-0.4, -0.2) is 22.8 Å². The summed E-state index contributed by atoms with van der Waals surface area (Å²) < 4.78 is 7.00. The van der Waals surface area contributed by atoms with Crippen molar-refractivity contribution in [2.75, 3.05) is 7.11 Å². The molecule has 0 bridgehead atoms. The molecule has 21 heavy (non-hydrogen) atoms. The van der Waals surface area contributed by atoms with E-state index in [0.29, 0.717) is 5.92 Å². The molecule has 1 aromatic heterocycles. The Labute approximate surface area is 127 Å². The predicted molar refractivity (Wildman–Crippen MR) is 82.0 cm³/mol. The van der Waals surface area contributed by atoms with E-state index in [1.54, 1.807) is 0 Å². The molecule has 4 nitrogen and oxygen atoms in total. The molecular weight excluding hydrogens is 266 g/mol. The predicted octanol–water partition coefficient (Wildman–Crippen LogP) is 3.25. The number of carbonyl (C=O) groups is 1. The van der Waals surface area contributed by atoms with Crippen molar-refractivity contribution >= 4 is 5.97 Å². The molecular formula is C17H27NO3. The van der Waals surface area contributed by atoms with Gasteiger partial charge in [0.1, 0.15) is 6.04 Å². The molecule has 1 N–H and O–H groups in total. The van der Waals surface area contributed by atoms with Gasteiger partial charge in [-0.3, -0.25) is 0 Å². The van der Waals surface area contributed by atoms with Gasteiger partial charge >= 0.3 is 5.97 Å². The van der Waals surface area contributed by atoms with Gasteiger partial charge in [-0.15, -0.1) is 0 Å². The van der Waals surface area contributed by atoms with E-state index in [1.165, 1.54) is 7.11 Å². The summed E-state index contributed by atoms with van der Waals surface area (Å²) in [6, 6.07) is 1.64. The zero-order valence-electron chi connectivity index (χ0n) is 13.7. The van der Waals surface area contributed by atoms with Gasteiger partial charge in [-0.25, -0.2) is 4.79 Å². The second kappa shape index (κ2) is 5.84. The number of esters is 1. The zero-order chi connectivity index (χ0) is 15.8. The van der Waals surface area contributed by atoms with Crippen LogP contribution in [0.3, 0.4) is 0 Å². The Kier molecular flexibility index (Phi) is 4.47. The van der Waals surface area contributed by atoms with Crippen molar-refractivity contribution in [1.82, 2.24) is 4.57 Å². The lowest BCUT2D eigenvalue weighted by Crippen LogP contribution is -2.30. The SMILES string of the molecule is COC(=O)C(CC(C)C)n1ccc2c1CC(C)(C)CC2O. The number of aliphatic hydroxyl groups excluding tert-OH is 1. The molecule has 0 aliphatic heterocycles. The van der Waals surface area contributed by atoms with Crippen molar-refractivity contribution in [2.24, 2.45) is 11.3 Å². The van der Waals surface area contributed by atoms with E-state index in [0.717, 1.165) is 30.5 Å². The van der Waals surface area contributed by atoms with Gasteiger partial charge in [-0.2, -0.15) is 0 Å². The van der Waals surface area contributed by atoms with Crippen LogP contribution in [-0.2, 0) is 16.0 Å². The van der Waals surface area contributed by atoms with E-state index >= 15 is 0 Å². The van der Waals surface area contributed by atoms with Crippen LogP contribution in [0, 0.1) is 11.3 Å². The lowest BCUT2D eigenvalue weighted by Gasteiger charge is -2.35. The molecule has 1 aliphatic rings. The van der Waals surface area contributed by atoms with Crippen molar-refractivity contribution < 1.29 is 14.6 Å². The van der Waals surface area contributed by atoms with E-state index in [2.05, 4.69) is 27.7 Å². The number of methoxy groups -OCH3 is 1. The molecule has 2 unspecified atom stereocenters. The van der Waals surface area contributed by atoms with Crippen LogP contribution in [0.2, 0.25) is 0 Å². The third-order valence-corrected chi connectivity index (χ3v) is 4.31. The number of aliphatic hydroxyl groups is 1. The summed E-state index contributed by atoms with van der Waals surface area (Å²) in [5, 5.41) is 10.3. The fraction of sp³-hybridized carbons (Fsp3) is 0.706. The first-order chi connectivity index (χ1) is 9.75. The normalized spacial score (nSPS) is 22.0. The summed E-state index contributed by atoms with van der Waals surface area (Å²) in [6.07, 6.45) is 3.86. The molecule has 118 valence electrons. The molecule has 4 heteroatoms. The van der Waals surface area contributed by atoms with Gasteiger partial charge in [0.25, 0.3) is 0 Å². The van der Waals surface area contributed by atoms with Crippen LogP contribution in [0.25, 0.3) is 0 Å². The number of aromatic nitrogens is 1. The number of hydrogen-bond acceptors (Lipinski definition) is 3. The van der Waals surface area contributed by atoms with Crippen molar-refractivity contribution in [3.8, 4) is 0 Å². The van der Waals surface area contributed by atoms with Crippen LogP contribution in [0.15, 0.2) is 12.3 Å². The minimum Gasteiger partial charge on any atom is -0.467 e. The van der Waals surface area contributed by atoms with Gasteiger partial charge in [0, 0.05) is 17.5 Å². The quantitative estimate of drug-likeness (QED) is 0.867. The molecule has 2 atom stereocenters. The van der Waals surface area contributed by atoms with Crippen molar-refractivity contribution in [3.63, 3.8) is 0 Å². The lowest BCUT2D eigenvalue weighted by molar-refractivity contribution is -0.145. The second-order valence-corrected chi connectivity index (χ2v) is 7.35. The van der Waals surface area contributed by atoms with Crippen LogP contribution in [0.5, 0.6) is 0 Å². The number of nitrogens with zero attached hydrogens (tertiary/aromatic N) is 1. The third-order valence-electron chi connectivity index (χ3n) is 4.31. The van der Waals surface area contributed by atoms with Crippen LogP contribution >= 0.6 is 0 Å². The molecule has 1 heterocycles. The molecule has 0 saturated carbocycles. The Balaban J connectivity index is 2.41. The highest BCUT2D eigenvalue weighted by Gasteiger charge is 2.35. The average Bonchev–Trinajstić information content (AvgIpc) is 2.77. The highest BCUT2D eigenvalue weighted by molar-refractivity contribution is 5.74. The van der Waals surface area contributed by atoms with E-state index in [9.17, 15) is 9.90 Å². The number of rotatable bonds is 4. The minimum absolute atomic E-state index is 0.0427. The molecule has 1 aliphatic carbocycles. The minimum atomic E-state index is -0.442. The van der Waals surface area contributed by atoms with Crippen LogP contribution in [0.1, 0.15) is 63.9 Å². The van der Waals surface area contributed by atoms with E-state index in [4.69, 9.17) is 4.74 Å². The number of carbonyl (C=O) groups excluding carboxylic acids is 1. The monoisotopic (exact) mass is 293 g/mol. The molecule has 0 aromatic carbocycles. The highest BCUT2D eigenvalue weighted by atomic mass is 16.5. The molecule has 0 spiro atoms. The van der Waals surface area contributed by atoms with Gasteiger partial charge in [-0.1, -0.05) is 27.7 Å². The molecule has 1 aromatic rings. The second-order valence-electron chi connectivity index (χ2n) is 7.35. The number of fused-ring (bicyclic) bond motifs is 1. The van der Waals surface area contributed by atoms with Crippen LogP contribution < -0.4 is 0 Å². The van der Waals surface area contributed by atoms with Gasteiger partial charge < -0.3 is 14.4 Å². The third kappa shape index (κ3) is 3.31. The van der Waals surface area contributed by atoms with E-state index < -0.39 is 6.10 Å². The summed E-state index contributed by atoms with van der Waals surface area (Å²) in [6.45, 7) is 8.52. The molecule has 0 fully saturated rings. The largest absolute Gasteiger partial charge is 0.467 e. The van der Waals surface area contributed by atoms with E-state index in [-0.39, 0.29) is 17.4 Å². The lowest BCUT2D eigenvalue weighted by atomic mass is 9.75. The van der Waals surface area contributed by atoms with Crippen LogP contribution in [0.4, 0.5) is 0 Å². The topological polar surface area (TPSA) is 51.5 Å². The maximum atomic E-state index is 12.2. The first-order valence-electron chi connectivity index (χ1n) is 7.70. The highest BCUT2D eigenvalue weighted by Crippen LogP contribution is 2.42. The number of hydrogen-bond donors (Lipinski definition) is 1. The Morgan fingerprint density at radius 1 is 1.52 bits per heavy atom. The van der Waals surface area contributed by atoms with Crippen molar-refractivity contribution in [1.29, 1.82) is 0 Å². The van der Waals surface area contributed by atoms with E-state index in [1.807, 2.05) is 16.8 Å². The maximum absolute atomic E-state index is 12.2. The number of ether oxygens (including phenoxy) is 1. The Morgan fingerprint density at radius 3 is 2.76 bits per heavy atom.